The number of aromatic nitrogens is 3. The molecule has 1 aliphatic rings. The molecule has 1 amide bonds. The fraction of sp³-hybridized carbons (Fsp3) is 0.300. The maximum Gasteiger partial charge on any atom is 0.255 e. The van der Waals surface area contributed by atoms with Crippen LogP contribution in [0.15, 0.2) is 42.6 Å². The molecule has 1 aliphatic heterocycles. The van der Waals surface area contributed by atoms with Gasteiger partial charge in [0.15, 0.2) is 0 Å². The Bertz CT molecular complexity index is 953. The number of para-hydroxylation sites is 1. The Morgan fingerprint density at radius 3 is 2.88 bits per heavy atom. The van der Waals surface area contributed by atoms with Gasteiger partial charge in [0.25, 0.3) is 5.91 Å². The lowest BCUT2D eigenvalue weighted by Gasteiger charge is -2.32. The molecule has 0 bridgehead atoms. The standard InChI is InChI=1S/C20H20N4O2/c1-13-9-18(23-14(2)22-13)19-12-24(7-8-26-19)20(25)16-10-15-5-3-4-6-17(15)21-11-16/h3-6,9-11,19H,7-8,12H2,1-2H3/t19-/m1/s1. The second kappa shape index (κ2) is 6.80. The van der Waals surface area contributed by atoms with Crippen molar-refractivity contribution in [2.45, 2.75) is 20.0 Å². The summed E-state index contributed by atoms with van der Waals surface area (Å²) >= 11 is 0. The molecule has 1 atom stereocenters. The van der Waals surface area contributed by atoms with Crippen LogP contribution in [-0.4, -0.2) is 45.5 Å². The lowest BCUT2D eigenvalue weighted by Crippen LogP contribution is -2.42. The Balaban J connectivity index is 1.57. The van der Waals surface area contributed by atoms with Crippen molar-refractivity contribution >= 4 is 16.8 Å². The molecule has 4 rings (SSSR count). The van der Waals surface area contributed by atoms with E-state index in [1.165, 1.54) is 0 Å². The van der Waals surface area contributed by atoms with Crippen molar-refractivity contribution in [2.24, 2.45) is 0 Å². The summed E-state index contributed by atoms with van der Waals surface area (Å²) in [4.78, 5) is 27.9. The number of ether oxygens (including phenoxy) is 1. The van der Waals surface area contributed by atoms with E-state index in [1.807, 2.05) is 55.1 Å². The summed E-state index contributed by atoms with van der Waals surface area (Å²) in [5.41, 5.74) is 3.21. The summed E-state index contributed by atoms with van der Waals surface area (Å²) in [7, 11) is 0. The van der Waals surface area contributed by atoms with Gasteiger partial charge in [0, 0.05) is 23.8 Å². The zero-order chi connectivity index (χ0) is 18.1. The van der Waals surface area contributed by atoms with Crippen molar-refractivity contribution in [3.8, 4) is 0 Å². The number of aryl methyl sites for hydroxylation is 2. The molecule has 0 aliphatic carbocycles. The van der Waals surface area contributed by atoms with E-state index in [4.69, 9.17) is 4.74 Å². The topological polar surface area (TPSA) is 68.2 Å². The number of hydrogen-bond donors (Lipinski definition) is 0. The molecule has 1 fully saturated rings. The minimum absolute atomic E-state index is 0.0287. The lowest BCUT2D eigenvalue weighted by molar-refractivity contribution is -0.0248. The third-order valence-corrected chi connectivity index (χ3v) is 4.51. The molecule has 3 heterocycles. The van der Waals surface area contributed by atoms with Crippen molar-refractivity contribution in [2.75, 3.05) is 19.7 Å². The molecular weight excluding hydrogens is 328 g/mol. The number of hydrogen-bond acceptors (Lipinski definition) is 5. The third kappa shape index (κ3) is 3.28. The SMILES string of the molecule is Cc1cc([C@H]2CN(C(=O)c3cnc4ccccc4c3)CCO2)nc(C)n1. The van der Waals surface area contributed by atoms with E-state index in [1.54, 1.807) is 6.20 Å². The van der Waals surface area contributed by atoms with Gasteiger partial charge in [0.1, 0.15) is 11.9 Å². The van der Waals surface area contributed by atoms with Crippen LogP contribution < -0.4 is 0 Å². The number of pyridine rings is 1. The zero-order valence-electron chi connectivity index (χ0n) is 14.8. The number of carbonyl (C=O) groups is 1. The molecular formula is C20H20N4O2. The van der Waals surface area contributed by atoms with Gasteiger partial charge >= 0.3 is 0 Å². The Labute approximate surface area is 151 Å². The van der Waals surface area contributed by atoms with Crippen LogP contribution >= 0.6 is 0 Å². The van der Waals surface area contributed by atoms with E-state index in [9.17, 15) is 4.79 Å². The Kier molecular flexibility index (Phi) is 4.34. The molecule has 132 valence electrons. The van der Waals surface area contributed by atoms with Crippen LogP contribution in [0.1, 0.15) is 33.7 Å². The number of amides is 1. The summed E-state index contributed by atoms with van der Waals surface area (Å²) in [6.07, 6.45) is 1.41. The highest BCUT2D eigenvalue weighted by Gasteiger charge is 2.27. The van der Waals surface area contributed by atoms with Gasteiger partial charge in [-0.25, -0.2) is 9.97 Å². The smallest absolute Gasteiger partial charge is 0.255 e. The average Bonchev–Trinajstić information content (AvgIpc) is 2.66. The molecule has 0 unspecified atom stereocenters. The largest absolute Gasteiger partial charge is 0.368 e. The van der Waals surface area contributed by atoms with Crippen LogP contribution in [0.2, 0.25) is 0 Å². The first kappa shape index (κ1) is 16.6. The highest BCUT2D eigenvalue weighted by Crippen LogP contribution is 2.23. The molecule has 2 aromatic heterocycles. The molecule has 0 spiro atoms. The normalized spacial score (nSPS) is 17.5. The molecule has 0 N–H and O–H groups in total. The minimum Gasteiger partial charge on any atom is -0.368 e. The fourth-order valence-electron chi connectivity index (χ4n) is 3.29. The van der Waals surface area contributed by atoms with Crippen LogP contribution in [0.3, 0.4) is 0 Å². The van der Waals surface area contributed by atoms with Crippen molar-refractivity contribution in [3.63, 3.8) is 0 Å². The monoisotopic (exact) mass is 348 g/mol. The summed E-state index contributed by atoms with van der Waals surface area (Å²) in [6.45, 7) is 5.32. The average molecular weight is 348 g/mol. The van der Waals surface area contributed by atoms with E-state index in [0.717, 1.165) is 22.3 Å². The second-order valence-electron chi connectivity index (χ2n) is 6.51. The highest BCUT2D eigenvalue weighted by atomic mass is 16.5. The number of rotatable bonds is 2. The summed E-state index contributed by atoms with van der Waals surface area (Å²) in [6, 6.07) is 11.6. The van der Waals surface area contributed by atoms with Crippen molar-refractivity contribution in [3.05, 3.63) is 65.4 Å². The Hall–Kier alpha value is -2.86. The number of nitrogens with zero attached hydrogens (tertiary/aromatic N) is 4. The van der Waals surface area contributed by atoms with Gasteiger partial charge in [-0.3, -0.25) is 9.78 Å². The van der Waals surface area contributed by atoms with Crippen molar-refractivity contribution in [1.82, 2.24) is 19.9 Å². The molecule has 6 heteroatoms. The van der Waals surface area contributed by atoms with Gasteiger partial charge in [-0.05, 0) is 32.0 Å². The zero-order valence-corrected chi connectivity index (χ0v) is 14.8. The quantitative estimate of drug-likeness (QED) is 0.712. The van der Waals surface area contributed by atoms with Crippen LogP contribution in [0.4, 0.5) is 0 Å². The maximum absolute atomic E-state index is 13.0. The number of morpholine rings is 1. The van der Waals surface area contributed by atoms with Gasteiger partial charge < -0.3 is 9.64 Å². The summed E-state index contributed by atoms with van der Waals surface area (Å²) in [5, 5.41) is 0.963. The molecule has 1 aromatic carbocycles. The van der Waals surface area contributed by atoms with Crippen molar-refractivity contribution < 1.29 is 9.53 Å². The summed E-state index contributed by atoms with van der Waals surface area (Å²) in [5.74, 6) is 0.685. The van der Waals surface area contributed by atoms with E-state index in [0.29, 0.717) is 31.1 Å². The molecule has 1 saturated heterocycles. The third-order valence-electron chi connectivity index (χ3n) is 4.51. The van der Waals surface area contributed by atoms with Crippen LogP contribution in [-0.2, 0) is 4.74 Å². The minimum atomic E-state index is -0.235. The first-order valence-electron chi connectivity index (χ1n) is 8.68. The molecule has 0 radical (unpaired) electrons. The predicted molar refractivity (Wildman–Crippen MR) is 97.8 cm³/mol. The highest BCUT2D eigenvalue weighted by molar-refractivity contribution is 5.97. The predicted octanol–water partition coefficient (Wildman–Crippen LogP) is 2.86. The Morgan fingerprint density at radius 2 is 2.04 bits per heavy atom. The summed E-state index contributed by atoms with van der Waals surface area (Å²) < 4.78 is 5.86. The van der Waals surface area contributed by atoms with Gasteiger partial charge in [0.05, 0.1) is 29.9 Å². The first-order chi connectivity index (χ1) is 12.6. The second-order valence-corrected chi connectivity index (χ2v) is 6.51. The van der Waals surface area contributed by atoms with E-state index in [2.05, 4.69) is 15.0 Å². The molecule has 3 aromatic rings. The van der Waals surface area contributed by atoms with Crippen LogP contribution in [0.5, 0.6) is 0 Å². The van der Waals surface area contributed by atoms with Gasteiger partial charge in [-0.2, -0.15) is 0 Å². The van der Waals surface area contributed by atoms with E-state index >= 15 is 0 Å². The molecule has 26 heavy (non-hydrogen) atoms. The Morgan fingerprint density at radius 1 is 1.19 bits per heavy atom. The van der Waals surface area contributed by atoms with Crippen LogP contribution in [0.25, 0.3) is 10.9 Å². The van der Waals surface area contributed by atoms with E-state index < -0.39 is 0 Å². The molecule has 6 nitrogen and oxygen atoms in total. The fourth-order valence-corrected chi connectivity index (χ4v) is 3.29. The van der Waals surface area contributed by atoms with Gasteiger partial charge in [-0.1, -0.05) is 18.2 Å². The number of fused-ring (bicyclic) bond motifs is 1. The number of benzene rings is 1. The van der Waals surface area contributed by atoms with Gasteiger partial charge in [-0.15, -0.1) is 0 Å². The number of carbonyl (C=O) groups excluding carboxylic acids is 1. The van der Waals surface area contributed by atoms with E-state index in [-0.39, 0.29) is 12.0 Å². The van der Waals surface area contributed by atoms with Gasteiger partial charge in [0.2, 0.25) is 0 Å². The molecule has 0 saturated carbocycles. The van der Waals surface area contributed by atoms with Crippen LogP contribution in [0, 0.1) is 13.8 Å². The van der Waals surface area contributed by atoms with Crippen molar-refractivity contribution in [1.29, 1.82) is 0 Å². The lowest BCUT2D eigenvalue weighted by atomic mass is 10.1. The first-order valence-corrected chi connectivity index (χ1v) is 8.68. The maximum atomic E-state index is 13.0.